The van der Waals surface area contributed by atoms with Gasteiger partial charge in [0.15, 0.2) is 0 Å². The Kier molecular flexibility index (Phi) is 5.32. The number of nitrogens with two attached hydrogens (primary N) is 1. The third-order valence-electron chi connectivity index (χ3n) is 2.90. The number of rotatable bonds is 5. The maximum Gasteiger partial charge on any atom is 0.253 e. The number of hydrogen-bond acceptors (Lipinski definition) is 2. The summed E-state index contributed by atoms with van der Waals surface area (Å²) in [6.45, 7) is 6.34. The van der Waals surface area contributed by atoms with Crippen LogP contribution in [0.4, 0.5) is 4.39 Å². The summed E-state index contributed by atoms with van der Waals surface area (Å²) < 4.78 is 13.0. The molecule has 3 nitrogen and oxygen atoms in total. The summed E-state index contributed by atoms with van der Waals surface area (Å²) in [6, 6.07) is 3.71. The molecule has 0 radical (unpaired) electrons. The number of carbonyl (C=O) groups excluding carboxylic acids is 1. The minimum atomic E-state index is -0.497. The molecule has 19 heavy (non-hydrogen) atoms. The molecule has 1 amide bonds. The van der Waals surface area contributed by atoms with E-state index in [-0.39, 0.29) is 16.5 Å². The number of benzene rings is 1. The zero-order chi connectivity index (χ0) is 14.6. The van der Waals surface area contributed by atoms with E-state index < -0.39 is 11.4 Å². The van der Waals surface area contributed by atoms with Crippen LogP contribution in [0.15, 0.2) is 18.2 Å². The normalized spacial score (nSPS) is 14.3. The number of carbonyl (C=O) groups is 1. The second kappa shape index (κ2) is 6.35. The number of hydrogen-bond donors (Lipinski definition) is 2. The van der Waals surface area contributed by atoms with Crippen molar-refractivity contribution in [2.24, 2.45) is 11.7 Å². The Morgan fingerprint density at radius 1 is 1.53 bits per heavy atom. The van der Waals surface area contributed by atoms with E-state index in [4.69, 9.17) is 17.3 Å². The third kappa shape index (κ3) is 4.48. The van der Waals surface area contributed by atoms with Crippen molar-refractivity contribution in [3.63, 3.8) is 0 Å². The average molecular weight is 287 g/mol. The predicted molar refractivity (Wildman–Crippen MR) is 75.8 cm³/mol. The summed E-state index contributed by atoms with van der Waals surface area (Å²) in [6.07, 6.45) is 0.758. The van der Waals surface area contributed by atoms with Crippen molar-refractivity contribution in [3.8, 4) is 0 Å². The zero-order valence-corrected chi connectivity index (χ0v) is 12.2. The minimum absolute atomic E-state index is 0.0985. The van der Waals surface area contributed by atoms with E-state index in [2.05, 4.69) is 19.2 Å². The van der Waals surface area contributed by atoms with Crippen molar-refractivity contribution in [2.75, 3.05) is 6.54 Å². The molecule has 0 bridgehead atoms. The van der Waals surface area contributed by atoms with E-state index in [0.29, 0.717) is 12.5 Å². The van der Waals surface area contributed by atoms with Crippen LogP contribution in [-0.2, 0) is 0 Å². The lowest BCUT2D eigenvalue weighted by Crippen LogP contribution is -2.52. The molecule has 1 aromatic carbocycles. The molecular formula is C14H20ClFN2O. The Balaban J connectivity index is 2.88. The molecule has 1 rings (SSSR count). The van der Waals surface area contributed by atoms with Gasteiger partial charge in [-0.05, 0) is 37.5 Å². The van der Waals surface area contributed by atoms with Crippen LogP contribution in [0.5, 0.6) is 0 Å². The van der Waals surface area contributed by atoms with Gasteiger partial charge in [0.25, 0.3) is 5.91 Å². The first kappa shape index (κ1) is 15.9. The molecule has 0 aliphatic heterocycles. The van der Waals surface area contributed by atoms with E-state index in [1.807, 2.05) is 6.92 Å². The highest BCUT2D eigenvalue weighted by atomic mass is 35.5. The first-order valence-corrected chi connectivity index (χ1v) is 6.63. The molecule has 1 atom stereocenters. The van der Waals surface area contributed by atoms with Gasteiger partial charge in [0, 0.05) is 12.1 Å². The first-order valence-electron chi connectivity index (χ1n) is 6.25. The van der Waals surface area contributed by atoms with Crippen LogP contribution in [0, 0.1) is 11.7 Å². The predicted octanol–water partition coefficient (Wildman–Crippen LogP) is 2.97. The van der Waals surface area contributed by atoms with Crippen LogP contribution in [0.1, 0.15) is 37.6 Å². The molecule has 3 N–H and O–H groups in total. The first-order chi connectivity index (χ1) is 8.77. The Labute approximate surface area is 118 Å². The van der Waals surface area contributed by atoms with E-state index >= 15 is 0 Å². The van der Waals surface area contributed by atoms with Gasteiger partial charge in [-0.25, -0.2) is 4.39 Å². The summed E-state index contributed by atoms with van der Waals surface area (Å²) in [7, 11) is 0. The molecule has 0 aliphatic rings. The standard InChI is InChI=1S/C14H20ClFN2O/c1-9(2)7-14(3,8-17)18-13(19)11-5-4-10(16)6-12(11)15/h4-6,9H,7-8,17H2,1-3H3,(H,18,19). The van der Waals surface area contributed by atoms with Gasteiger partial charge in [0.1, 0.15) is 5.82 Å². The van der Waals surface area contributed by atoms with Crippen LogP contribution < -0.4 is 11.1 Å². The monoisotopic (exact) mass is 286 g/mol. The molecule has 0 aromatic heterocycles. The average Bonchev–Trinajstić information content (AvgIpc) is 2.27. The van der Waals surface area contributed by atoms with Crippen molar-refractivity contribution in [3.05, 3.63) is 34.6 Å². The highest BCUT2D eigenvalue weighted by Gasteiger charge is 2.27. The molecule has 0 saturated heterocycles. The van der Waals surface area contributed by atoms with Crippen molar-refractivity contribution < 1.29 is 9.18 Å². The topological polar surface area (TPSA) is 55.1 Å². The summed E-state index contributed by atoms with van der Waals surface area (Å²) in [5.41, 5.74) is 5.50. The van der Waals surface area contributed by atoms with Crippen molar-refractivity contribution in [2.45, 2.75) is 32.7 Å². The van der Waals surface area contributed by atoms with Gasteiger partial charge in [-0.1, -0.05) is 25.4 Å². The largest absolute Gasteiger partial charge is 0.346 e. The Morgan fingerprint density at radius 3 is 2.63 bits per heavy atom. The molecule has 0 fully saturated rings. The van der Waals surface area contributed by atoms with Crippen LogP contribution in [0.25, 0.3) is 0 Å². The number of nitrogens with one attached hydrogen (secondary N) is 1. The number of amides is 1. The quantitative estimate of drug-likeness (QED) is 0.874. The second-order valence-electron chi connectivity index (χ2n) is 5.44. The van der Waals surface area contributed by atoms with Crippen molar-refractivity contribution >= 4 is 17.5 Å². The van der Waals surface area contributed by atoms with E-state index in [9.17, 15) is 9.18 Å². The molecule has 106 valence electrons. The molecule has 1 aromatic rings. The van der Waals surface area contributed by atoms with E-state index in [1.165, 1.54) is 12.1 Å². The summed E-state index contributed by atoms with van der Waals surface area (Å²) in [5.74, 6) is -0.401. The minimum Gasteiger partial charge on any atom is -0.346 e. The van der Waals surface area contributed by atoms with Gasteiger partial charge < -0.3 is 11.1 Å². The molecule has 0 heterocycles. The van der Waals surface area contributed by atoms with Gasteiger partial charge in [-0.3, -0.25) is 4.79 Å². The van der Waals surface area contributed by atoms with Crippen LogP contribution in [0.2, 0.25) is 5.02 Å². The molecule has 0 spiro atoms. The fourth-order valence-corrected chi connectivity index (χ4v) is 2.35. The highest BCUT2D eigenvalue weighted by molar-refractivity contribution is 6.33. The molecule has 0 saturated carbocycles. The third-order valence-corrected chi connectivity index (χ3v) is 3.21. The van der Waals surface area contributed by atoms with Gasteiger partial charge in [0.2, 0.25) is 0 Å². The maximum atomic E-state index is 13.0. The maximum absolute atomic E-state index is 13.0. The Bertz CT molecular complexity index is 465. The van der Waals surface area contributed by atoms with Gasteiger partial charge in [-0.2, -0.15) is 0 Å². The summed E-state index contributed by atoms with van der Waals surface area (Å²) in [4.78, 5) is 12.2. The lowest BCUT2D eigenvalue weighted by Gasteiger charge is -2.31. The van der Waals surface area contributed by atoms with Gasteiger partial charge >= 0.3 is 0 Å². The SMILES string of the molecule is CC(C)CC(C)(CN)NC(=O)c1ccc(F)cc1Cl. The lowest BCUT2D eigenvalue weighted by atomic mass is 9.90. The molecule has 5 heteroatoms. The summed E-state index contributed by atoms with van der Waals surface area (Å²) in [5, 5.41) is 2.98. The zero-order valence-electron chi connectivity index (χ0n) is 11.5. The van der Waals surface area contributed by atoms with E-state index in [1.54, 1.807) is 0 Å². The smallest absolute Gasteiger partial charge is 0.253 e. The number of halogens is 2. The van der Waals surface area contributed by atoms with Crippen LogP contribution >= 0.6 is 11.6 Å². The lowest BCUT2D eigenvalue weighted by molar-refractivity contribution is 0.0898. The van der Waals surface area contributed by atoms with Crippen molar-refractivity contribution in [1.82, 2.24) is 5.32 Å². The van der Waals surface area contributed by atoms with E-state index in [0.717, 1.165) is 12.5 Å². The fourth-order valence-electron chi connectivity index (χ4n) is 2.10. The van der Waals surface area contributed by atoms with Crippen molar-refractivity contribution in [1.29, 1.82) is 0 Å². The Morgan fingerprint density at radius 2 is 2.16 bits per heavy atom. The molecular weight excluding hydrogens is 267 g/mol. The fraction of sp³-hybridized carbons (Fsp3) is 0.500. The molecule has 1 unspecified atom stereocenters. The van der Waals surface area contributed by atoms with Crippen LogP contribution in [0.3, 0.4) is 0 Å². The van der Waals surface area contributed by atoms with Gasteiger partial charge in [-0.15, -0.1) is 0 Å². The Hall–Kier alpha value is -1.13. The van der Waals surface area contributed by atoms with Gasteiger partial charge in [0.05, 0.1) is 10.6 Å². The highest BCUT2D eigenvalue weighted by Crippen LogP contribution is 2.20. The summed E-state index contributed by atoms with van der Waals surface area (Å²) >= 11 is 5.87. The second-order valence-corrected chi connectivity index (χ2v) is 5.85. The van der Waals surface area contributed by atoms with Crippen LogP contribution in [-0.4, -0.2) is 18.0 Å². The molecule has 0 aliphatic carbocycles.